The number of urea groups is 1. The molecule has 0 saturated carbocycles. The first-order valence-corrected chi connectivity index (χ1v) is 7.71. The molecule has 0 bridgehead atoms. The molecule has 0 aliphatic carbocycles. The molecule has 2 heterocycles. The number of hydrogen-bond acceptors (Lipinski definition) is 5. The van der Waals surface area contributed by atoms with E-state index in [-0.39, 0.29) is 19.4 Å². The number of benzene rings is 1. The summed E-state index contributed by atoms with van der Waals surface area (Å²) in [6, 6.07) is 6.03. The first-order valence-electron chi connectivity index (χ1n) is 7.33. The molecule has 1 saturated heterocycles. The Bertz CT molecular complexity index is 824. The Labute approximate surface area is 142 Å². The molecule has 8 heteroatoms. The smallest absolute Gasteiger partial charge is 0.322 e. The average Bonchev–Trinajstić information content (AvgIpc) is 2.89. The Kier molecular flexibility index (Phi) is 4.61. The van der Waals surface area contributed by atoms with E-state index in [9.17, 15) is 14.4 Å². The van der Waals surface area contributed by atoms with Gasteiger partial charge in [0, 0.05) is 28.6 Å². The summed E-state index contributed by atoms with van der Waals surface area (Å²) < 4.78 is 5.23. The van der Waals surface area contributed by atoms with Gasteiger partial charge in [-0.05, 0) is 18.6 Å². The number of rotatable bonds is 5. The summed E-state index contributed by atoms with van der Waals surface area (Å²) in [5.74, 6) is -0.915. The minimum Gasteiger partial charge on any atom is -0.461 e. The Morgan fingerprint density at radius 2 is 2.12 bits per heavy atom. The molecule has 3 rings (SSSR count). The second-order valence-corrected chi connectivity index (χ2v) is 5.72. The molecule has 1 fully saturated rings. The number of nitrogens with zero attached hydrogens (tertiary/aromatic N) is 1. The molecule has 2 aromatic rings. The van der Waals surface area contributed by atoms with Crippen LogP contribution >= 0.6 is 11.6 Å². The molecular formula is C16H14ClN3O4. The monoisotopic (exact) mass is 347 g/mol. The number of pyridine rings is 1. The molecule has 7 nitrogen and oxygen atoms in total. The van der Waals surface area contributed by atoms with Crippen LogP contribution in [0.25, 0.3) is 10.9 Å². The summed E-state index contributed by atoms with van der Waals surface area (Å²) >= 11 is 6.17. The van der Waals surface area contributed by atoms with E-state index in [4.69, 9.17) is 16.3 Å². The third kappa shape index (κ3) is 3.46. The number of aromatic nitrogens is 1. The zero-order valence-electron chi connectivity index (χ0n) is 12.5. The van der Waals surface area contributed by atoms with Crippen LogP contribution in [0.5, 0.6) is 0 Å². The summed E-state index contributed by atoms with van der Waals surface area (Å²) in [7, 11) is 0. The molecule has 1 aromatic heterocycles. The first kappa shape index (κ1) is 16.2. The fourth-order valence-corrected chi connectivity index (χ4v) is 2.67. The molecule has 0 spiro atoms. The van der Waals surface area contributed by atoms with E-state index in [2.05, 4.69) is 15.6 Å². The molecule has 0 radical (unpaired) electrons. The van der Waals surface area contributed by atoms with Gasteiger partial charge in [0.1, 0.15) is 12.6 Å². The lowest BCUT2D eigenvalue weighted by Crippen LogP contribution is -2.29. The van der Waals surface area contributed by atoms with Gasteiger partial charge in [0.2, 0.25) is 0 Å². The van der Waals surface area contributed by atoms with Crippen LogP contribution in [0.1, 0.15) is 18.4 Å². The van der Waals surface area contributed by atoms with Crippen LogP contribution in [0.3, 0.4) is 0 Å². The highest BCUT2D eigenvalue weighted by Crippen LogP contribution is 2.25. The lowest BCUT2D eigenvalue weighted by atomic mass is 10.1. The highest BCUT2D eigenvalue weighted by atomic mass is 35.5. The van der Waals surface area contributed by atoms with E-state index in [0.29, 0.717) is 16.1 Å². The van der Waals surface area contributed by atoms with Crippen molar-refractivity contribution < 1.29 is 19.1 Å². The van der Waals surface area contributed by atoms with Crippen molar-refractivity contribution in [3.05, 3.63) is 41.0 Å². The third-order valence-corrected chi connectivity index (χ3v) is 4.05. The maximum absolute atomic E-state index is 11.9. The van der Waals surface area contributed by atoms with Crippen LogP contribution in [0, 0.1) is 0 Å². The number of imide groups is 1. The third-order valence-electron chi connectivity index (χ3n) is 3.70. The predicted octanol–water partition coefficient (Wildman–Crippen LogP) is 1.92. The average molecular weight is 348 g/mol. The lowest BCUT2D eigenvalue weighted by Gasteiger charge is -2.10. The number of hydrogen-bond donors (Lipinski definition) is 2. The van der Waals surface area contributed by atoms with Crippen LogP contribution in [-0.4, -0.2) is 28.9 Å². The standard InChI is InChI=1S/C16H14ClN3O4/c17-11-4-3-9-2-1-7-18-14(9)10(11)8-24-13(21)6-5-12-15(22)20-16(23)19-12/h1-4,7,12H,5-6,8H2,(H2,19,20,22,23)/t12-/m0/s1. The number of nitrogens with one attached hydrogen (secondary N) is 2. The zero-order chi connectivity index (χ0) is 17.1. The topological polar surface area (TPSA) is 97.4 Å². The molecule has 0 unspecified atom stereocenters. The normalized spacial score (nSPS) is 16.8. The van der Waals surface area contributed by atoms with Crippen LogP contribution < -0.4 is 10.6 Å². The lowest BCUT2D eigenvalue weighted by molar-refractivity contribution is -0.145. The fourth-order valence-electron chi connectivity index (χ4n) is 2.47. The fraction of sp³-hybridized carbons (Fsp3) is 0.250. The predicted molar refractivity (Wildman–Crippen MR) is 86.2 cm³/mol. The van der Waals surface area contributed by atoms with Crippen molar-refractivity contribution in [1.29, 1.82) is 0 Å². The second-order valence-electron chi connectivity index (χ2n) is 5.32. The molecule has 1 aliphatic rings. The quantitative estimate of drug-likeness (QED) is 0.636. The Morgan fingerprint density at radius 3 is 2.88 bits per heavy atom. The number of carbonyl (C=O) groups excluding carboxylic acids is 3. The van der Waals surface area contributed by atoms with Gasteiger partial charge in [-0.2, -0.15) is 0 Å². The summed E-state index contributed by atoms with van der Waals surface area (Å²) in [5, 5.41) is 5.91. The minimum atomic E-state index is -0.701. The van der Waals surface area contributed by atoms with Gasteiger partial charge in [0.25, 0.3) is 5.91 Å². The van der Waals surface area contributed by atoms with Gasteiger partial charge in [0.05, 0.1) is 5.52 Å². The Balaban J connectivity index is 1.60. The number of esters is 1. The maximum Gasteiger partial charge on any atom is 0.322 e. The SMILES string of the molecule is O=C1NC(=O)[C@H](CCC(=O)OCc2c(Cl)ccc3cccnc23)N1. The van der Waals surface area contributed by atoms with Crippen molar-refractivity contribution in [2.24, 2.45) is 0 Å². The van der Waals surface area contributed by atoms with E-state index in [1.165, 1.54) is 0 Å². The number of halogens is 1. The molecular weight excluding hydrogens is 334 g/mol. The molecule has 1 aromatic carbocycles. The highest BCUT2D eigenvalue weighted by Gasteiger charge is 2.29. The first-order chi connectivity index (χ1) is 11.5. The van der Waals surface area contributed by atoms with Gasteiger partial charge >= 0.3 is 12.0 Å². The van der Waals surface area contributed by atoms with Gasteiger partial charge in [-0.1, -0.05) is 23.7 Å². The molecule has 1 aliphatic heterocycles. The largest absolute Gasteiger partial charge is 0.461 e. The second kappa shape index (κ2) is 6.84. The van der Waals surface area contributed by atoms with E-state index >= 15 is 0 Å². The Morgan fingerprint density at radius 1 is 1.29 bits per heavy atom. The molecule has 1 atom stereocenters. The number of carbonyl (C=O) groups is 3. The highest BCUT2D eigenvalue weighted by molar-refractivity contribution is 6.32. The van der Waals surface area contributed by atoms with Crippen molar-refractivity contribution in [2.75, 3.05) is 0 Å². The summed E-state index contributed by atoms with van der Waals surface area (Å²) in [6.45, 7) is -0.00472. The number of ether oxygens (including phenoxy) is 1. The van der Waals surface area contributed by atoms with Gasteiger partial charge in [0.15, 0.2) is 0 Å². The molecule has 124 valence electrons. The van der Waals surface area contributed by atoms with Gasteiger partial charge < -0.3 is 10.1 Å². The van der Waals surface area contributed by atoms with Crippen LogP contribution in [0.2, 0.25) is 5.02 Å². The van der Waals surface area contributed by atoms with Crippen molar-refractivity contribution in [3.63, 3.8) is 0 Å². The maximum atomic E-state index is 11.9. The van der Waals surface area contributed by atoms with Crippen LogP contribution in [0.4, 0.5) is 4.79 Å². The molecule has 2 N–H and O–H groups in total. The van der Waals surface area contributed by atoms with E-state index in [0.717, 1.165) is 5.39 Å². The minimum absolute atomic E-state index is 0.00472. The number of fused-ring (bicyclic) bond motifs is 1. The van der Waals surface area contributed by atoms with Crippen LogP contribution in [0.15, 0.2) is 30.5 Å². The summed E-state index contributed by atoms with van der Waals surface area (Å²) in [5.41, 5.74) is 1.32. The van der Waals surface area contributed by atoms with Crippen molar-refractivity contribution in [1.82, 2.24) is 15.6 Å². The van der Waals surface area contributed by atoms with Gasteiger partial charge in [-0.15, -0.1) is 0 Å². The molecule has 3 amide bonds. The van der Waals surface area contributed by atoms with E-state index < -0.39 is 23.9 Å². The van der Waals surface area contributed by atoms with Crippen LogP contribution in [-0.2, 0) is 20.9 Å². The summed E-state index contributed by atoms with van der Waals surface area (Å²) in [4.78, 5) is 38.5. The summed E-state index contributed by atoms with van der Waals surface area (Å²) in [6.07, 6.45) is 1.83. The van der Waals surface area contributed by atoms with E-state index in [1.807, 2.05) is 18.2 Å². The Hall–Kier alpha value is -2.67. The van der Waals surface area contributed by atoms with Gasteiger partial charge in [-0.25, -0.2) is 4.79 Å². The van der Waals surface area contributed by atoms with Crippen molar-refractivity contribution >= 4 is 40.4 Å². The molecule has 24 heavy (non-hydrogen) atoms. The van der Waals surface area contributed by atoms with Crippen molar-refractivity contribution in [2.45, 2.75) is 25.5 Å². The number of amides is 3. The van der Waals surface area contributed by atoms with Gasteiger partial charge in [-0.3, -0.25) is 19.9 Å². The van der Waals surface area contributed by atoms with Crippen molar-refractivity contribution in [3.8, 4) is 0 Å². The van der Waals surface area contributed by atoms with E-state index in [1.54, 1.807) is 12.3 Å². The zero-order valence-corrected chi connectivity index (χ0v) is 13.3.